The van der Waals surface area contributed by atoms with Crippen molar-refractivity contribution in [2.75, 3.05) is 37.6 Å². The van der Waals surface area contributed by atoms with E-state index in [-0.39, 0.29) is 5.56 Å². The van der Waals surface area contributed by atoms with Crippen LogP contribution in [-0.2, 0) is 0 Å². The normalized spacial score (nSPS) is 24.6. The van der Waals surface area contributed by atoms with Crippen LogP contribution in [0.5, 0.6) is 0 Å². The Morgan fingerprint density at radius 2 is 2.12 bits per heavy atom. The topological polar surface area (TPSA) is 75.2 Å². The third-order valence-corrected chi connectivity index (χ3v) is 5.21. The zero-order valence-electron chi connectivity index (χ0n) is 13.7. The zero-order valence-corrected chi connectivity index (χ0v) is 13.7. The van der Waals surface area contributed by atoms with E-state index in [1.54, 1.807) is 0 Å². The van der Waals surface area contributed by atoms with Gasteiger partial charge in [-0.3, -0.25) is 9.69 Å². The molecule has 2 unspecified atom stereocenters. The lowest BCUT2D eigenvalue weighted by Gasteiger charge is -2.49. The summed E-state index contributed by atoms with van der Waals surface area (Å²) in [4.78, 5) is 19.5. The van der Waals surface area contributed by atoms with Gasteiger partial charge in [-0.15, -0.1) is 0 Å². The highest BCUT2D eigenvalue weighted by molar-refractivity contribution is 5.95. The van der Waals surface area contributed by atoms with Crippen LogP contribution in [0.2, 0.25) is 0 Å². The molecule has 2 N–H and O–H groups in total. The number of benzene rings is 1. The number of aromatic amines is 1. The highest BCUT2D eigenvalue weighted by Crippen LogP contribution is 2.30. The molecule has 2 aliphatic heterocycles. The van der Waals surface area contributed by atoms with E-state index in [1.807, 2.05) is 18.2 Å². The molecule has 2 aromatic rings. The fourth-order valence-corrected chi connectivity index (χ4v) is 4.08. The van der Waals surface area contributed by atoms with Gasteiger partial charge in [0.25, 0.3) is 0 Å². The molecule has 124 valence electrons. The van der Waals surface area contributed by atoms with Crippen LogP contribution < -0.4 is 15.8 Å². The third-order valence-electron chi connectivity index (χ3n) is 5.21. The fourth-order valence-electron chi connectivity index (χ4n) is 4.08. The predicted molar refractivity (Wildman–Crippen MR) is 94.3 cm³/mol. The summed E-state index contributed by atoms with van der Waals surface area (Å²) in [7, 11) is 0. The number of H-pyrrole nitrogens is 1. The van der Waals surface area contributed by atoms with Gasteiger partial charge >= 0.3 is 0 Å². The van der Waals surface area contributed by atoms with Gasteiger partial charge in [0.15, 0.2) is 0 Å². The van der Waals surface area contributed by atoms with Crippen LogP contribution in [-0.4, -0.2) is 54.7 Å². The van der Waals surface area contributed by atoms with Gasteiger partial charge in [-0.2, -0.15) is 5.26 Å². The van der Waals surface area contributed by atoms with Crippen LogP contribution >= 0.6 is 0 Å². The molecule has 3 heterocycles. The molecule has 0 saturated carbocycles. The van der Waals surface area contributed by atoms with Crippen molar-refractivity contribution in [3.8, 4) is 6.07 Å². The highest BCUT2D eigenvalue weighted by Gasteiger charge is 2.34. The van der Waals surface area contributed by atoms with Gasteiger partial charge in [-0.05, 0) is 25.1 Å². The Hall–Kier alpha value is -2.36. The molecule has 2 saturated heterocycles. The van der Waals surface area contributed by atoms with Crippen molar-refractivity contribution < 1.29 is 0 Å². The Morgan fingerprint density at radius 1 is 1.25 bits per heavy atom. The summed E-state index contributed by atoms with van der Waals surface area (Å²) in [6.45, 7) is 7.35. The molecule has 24 heavy (non-hydrogen) atoms. The van der Waals surface area contributed by atoms with Gasteiger partial charge in [0.1, 0.15) is 6.07 Å². The average molecular weight is 323 g/mol. The Labute approximate surface area is 140 Å². The molecule has 0 aliphatic carbocycles. The molecule has 2 aliphatic rings. The maximum absolute atomic E-state index is 11.7. The number of rotatable bonds is 1. The lowest BCUT2D eigenvalue weighted by Crippen LogP contribution is -2.64. The molecular formula is C18H21N5O. The number of nitrogens with one attached hydrogen (secondary N) is 2. The van der Waals surface area contributed by atoms with Crippen LogP contribution in [0.15, 0.2) is 29.1 Å². The Balaban J connectivity index is 1.77. The lowest BCUT2D eigenvalue weighted by molar-refractivity contribution is 0.0971. The molecule has 2 fully saturated rings. The molecule has 2 atom stereocenters. The van der Waals surface area contributed by atoms with Crippen molar-refractivity contribution in [3.63, 3.8) is 0 Å². The molecule has 0 radical (unpaired) electrons. The second-order valence-corrected chi connectivity index (χ2v) is 6.71. The number of aromatic nitrogens is 1. The molecular weight excluding hydrogens is 302 g/mol. The Kier molecular flexibility index (Phi) is 3.75. The first-order valence-electron chi connectivity index (χ1n) is 8.45. The van der Waals surface area contributed by atoms with Gasteiger partial charge in [-0.1, -0.05) is 0 Å². The Bertz CT molecular complexity index is 868. The maximum Gasteiger partial charge on any atom is 0.248 e. The van der Waals surface area contributed by atoms with E-state index in [0.29, 0.717) is 23.2 Å². The van der Waals surface area contributed by atoms with Crippen molar-refractivity contribution >= 4 is 16.6 Å². The number of pyridine rings is 1. The Morgan fingerprint density at radius 3 is 2.96 bits per heavy atom. The van der Waals surface area contributed by atoms with E-state index >= 15 is 0 Å². The summed E-state index contributed by atoms with van der Waals surface area (Å²) < 4.78 is 0. The number of hydrogen-bond acceptors (Lipinski definition) is 5. The largest absolute Gasteiger partial charge is 0.368 e. The molecule has 0 spiro atoms. The van der Waals surface area contributed by atoms with Crippen LogP contribution in [0, 0.1) is 11.3 Å². The number of nitrogens with zero attached hydrogens (tertiary/aromatic N) is 3. The molecule has 1 aromatic carbocycles. The summed E-state index contributed by atoms with van der Waals surface area (Å²) in [6.07, 6.45) is 0. The summed E-state index contributed by atoms with van der Waals surface area (Å²) in [5.74, 6) is 0. The smallest absolute Gasteiger partial charge is 0.248 e. The first-order chi connectivity index (χ1) is 11.7. The standard InChI is InChI=1S/C18H21N5O/c1-12-10-22(11-14-9-20-6-7-23(12)14)16-4-2-13(8-19)18-15(16)3-5-17(24)21-18/h2-5,12,14,20H,6-7,9-11H2,1H3,(H,21,24). The van der Waals surface area contributed by atoms with E-state index < -0.39 is 0 Å². The average Bonchev–Trinajstić information content (AvgIpc) is 2.60. The molecule has 4 rings (SSSR count). The van der Waals surface area contributed by atoms with E-state index in [0.717, 1.165) is 43.8 Å². The quantitative estimate of drug-likeness (QED) is 0.815. The van der Waals surface area contributed by atoms with Crippen molar-refractivity contribution in [2.45, 2.75) is 19.0 Å². The van der Waals surface area contributed by atoms with E-state index in [2.05, 4.69) is 33.1 Å². The summed E-state index contributed by atoms with van der Waals surface area (Å²) in [6, 6.07) is 10.3. The van der Waals surface area contributed by atoms with Crippen molar-refractivity contribution in [3.05, 3.63) is 40.2 Å². The summed E-state index contributed by atoms with van der Waals surface area (Å²) in [5, 5.41) is 13.7. The maximum atomic E-state index is 11.7. The predicted octanol–water partition coefficient (Wildman–Crippen LogP) is 0.882. The van der Waals surface area contributed by atoms with Crippen molar-refractivity contribution in [2.24, 2.45) is 0 Å². The van der Waals surface area contributed by atoms with Gasteiger partial charge < -0.3 is 15.2 Å². The molecule has 0 amide bonds. The molecule has 0 bridgehead atoms. The lowest BCUT2D eigenvalue weighted by atomic mass is 10.0. The van der Waals surface area contributed by atoms with Crippen molar-refractivity contribution in [1.29, 1.82) is 5.26 Å². The minimum atomic E-state index is -0.175. The number of fused-ring (bicyclic) bond motifs is 2. The van der Waals surface area contributed by atoms with Gasteiger partial charge in [0, 0.05) is 61.9 Å². The van der Waals surface area contributed by atoms with Gasteiger partial charge in [-0.25, -0.2) is 0 Å². The van der Waals surface area contributed by atoms with Crippen LogP contribution in [0.3, 0.4) is 0 Å². The number of anilines is 1. The van der Waals surface area contributed by atoms with E-state index in [9.17, 15) is 10.1 Å². The summed E-state index contributed by atoms with van der Waals surface area (Å²) in [5.41, 5.74) is 2.07. The fraction of sp³-hybridized carbons (Fsp3) is 0.444. The van der Waals surface area contributed by atoms with E-state index in [4.69, 9.17) is 0 Å². The second-order valence-electron chi connectivity index (χ2n) is 6.71. The first-order valence-corrected chi connectivity index (χ1v) is 8.45. The molecule has 6 heteroatoms. The SMILES string of the molecule is CC1CN(c2ccc(C#N)c3[nH]c(=O)ccc23)CC2CNCCN12. The molecule has 6 nitrogen and oxygen atoms in total. The van der Waals surface area contributed by atoms with Crippen LogP contribution in [0.1, 0.15) is 12.5 Å². The van der Waals surface area contributed by atoms with E-state index in [1.165, 1.54) is 6.07 Å². The number of nitriles is 1. The minimum absolute atomic E-state index is 0.175. The monoisotopic (exact) mass is 323 g/mol. The third kappa shape index (κ3) is 2.46. The second kappa shape index (κ2) is 5.93. The first kappa shape index (κ1) is 15.2. The van der Waals surface area contributed by atoms with Crippen LogP contribution in [0.4, 0.5) is 5.69 Å². The van der Waals surface area contributed by atoms with Crippen LogP contribution in [0.25, 0.3) is 10.9 Å². The summed E-state index contributed by atoms with van der Waals surface area (Å²) >= 11 is 0. The zero-order chi connectivity index (χ0) is 16.7. The van der Waals surface area contributed by atoms with Crippen molar-refractivity contribution in [1.82, 2.24) is 15.2 Å². The number of hydrogen-bond donors (Lipinski definition) is 2. The van der Waals surface area contributed by atoms with Gasteiger partial charge in [0.05, 0.1) is 11.1 Å². The van der Waals surface area contributed by atoms with Gasteiger partial charge in [0.2, 0.25) is 5.56 Å². The molecule has 1 aromatic heterocycles. The highest BCUT2D eigenvalue weighted by atomic mass is 16.1. The number of piperazine rings is 2. The minimum Gasteiger partial charge on any atom is -0.368 e.